The first-order valence-corrected chi connectivity index (χ1v) is 14.0. The summed E-state index contributed by atoms with van der Waals surface area (Å²) in [4.78, 5) is 50.2. The third-order valence-electron chi connectivity index (χ3n) is 6.27. The van der Waals surface area contributed by atoms with Crippen molar-refractivity contribution in [3.63, 3.8) is 0 Å². The molecule has 226 valence electrons. The zero-order valence-corrected chi connectivity index (χ0v) is 25.2. The van der Waals surface area contributed by atoms with Crippen LogP contribution >= 0.6 is 0 Å². The smallest absolute Gasteiger partial charge is 0.468 e. The average Bonchev–Trinajstić information content (AvgIpc) is 2.88. The molecule has 0 aliphatic rings. The summed E-state index contributed by atoms with van der Waals surface area (Å²) in [5.41, 5.74) is 5.45. The van der Waals surface area contributed by atoms with Gasteiger partial charge < -0.3 is 29.4 Å². The van der Waals surface area contributed by atoms with Gasteiger partial charge in [0.25, 0.3) is 0 Å². The van der Waals surface area contributed by atoms with E-state index in [9.17, 15) is 19.2 Å². The fraction of sp³-hybridized carbons (Fsp3) is 0.667. The van der Waals surface area contributed by atoms with E-state index in [2.05, 4.69) is 0 Å². The first kappa shape index (κ1) is 34.9. The second-order valence-corrected chi connectivity index (χ2v) is 10.9. The zero-order chi connectivity index (χ0) is 30.5. The van der Waals surface area contributed by atoms with Gasteiger partial charge in [-0.25, -0.2) is 4.79 Å². The van der Waals surface area contributed by atoms with Crippen LogP contribution in [-0.2, 0) is 35.0 Å². The van der Waals surface area contributed by atoms with E-state index in [4.69, 9.17) is 29.4 Å². The van der Waals surface area contributed by atoms with Crippen molar-refractivity contribution < 1.29 is 42.9 Å². The summed E-state index contributed by atoms with van der Waals surface area (Å²) in [6, 6.07) is 4.67. The molecule has 10 heteroatoms. The number of hydrogen-bond donors (Lipinski definition) is 1. The molecule has 0 fully saturated rings. The lowest BCUT2D eigenvalue weighted by molar-refractivity contribution is -0.148. The van der Waals surface area contributed by atoms with Gasteiger partial charge in [0, 0.05) is 12.8 Å². The fourth-order valence-electron chi connectivity index (χ4n) is 4.13. The minimum absolute atomic E-state index is 0.0378. The highest BCUT2D eigenvalue weighted by Gasteiger charge is 2.38. The van der Waals surface area contributed by atoms with Crippen molar-refractivity contribution in [2.24, 2.45) is 23.5 Å². The molecule has 1 aromatic carbocycles. The lowest BCUT2D eigenvalue weighted by Crippen LogP contribution is -2.53. The van der Waals surface area contributed by atoms with Crippen LogP contribution in [0.3, 0.4) is 0 Å². The van der Waals surface area contributed by atoms with E-state index < -0.39 is 35.7 Å². The molecule has 0 radical (unpaired) electrons. The maximum absolute atomic E-state index is 12.8. The molecule has 0 heterocycles. The Morgan fingerprint density at radius 3 is 1.93 bits per heavy atom. The Morgan fingerprint density at radius 2 is 1.43 bits per heavy atom. The Hall–Kier alpha value is -3.14. The van der Waals surface area contributed by atoms with Crippen LogP contribution in [0.15, 0.2) is 18.2 Å². The molecule has 1 rings (SSSR count). The third-order valence-corrected chi connectivity index (χ3v) is 6.27. The largest absolute Gasteiger partial charge is 0.508 e. The lowest BCUT2D eigenvalue weighted by Gasteiger charge is -2.29. The number of rotatable bonds is 16. The van der Waals surface area contributed by atoms with Crippen LogP contribution < -0.4 is 15.2 Å². The van der Waals surface area contributed by atoms with Crippen LogP contribution in [0, 0.1) is 17.8 Å². The Morgan fingerprint density at radius 1 is 0.875 bits per heavy atom. The van der Waals surface area contributed by atoms with Gasteiger partial charge >= 0.3 is 24.1 Å². The lowest BCUT2D eigenvalue weighted by atomic mass is 9.86. The van der Waals surface area contributed by atoms with Crippen molar-refractivity contribution in [1.29, 1.82) is 0 Å². The number of carbonyl (C=O) groups excluding carboxylic acids is 4. The Labute approximate surface area is 238 Å². The Kier molecular flexibility index (Phi) is 14.7. The minimum atomic E-state index is -1.59. The number of benzene rings is 1. The fourth-order valence-corrected chi connectivity index (χ4v) is 4.13. The van der Waals surface area contributed by atoms with Crippen molar-refractivity contribution >= 4 is 24.1 Å². The number of carbonyl (C=O) groups is 4. The molecule has 0 aromatic heterocycles. The van der Waals surface area contributed by atoms with Crippen molar-refractivity contribution in [2.45, 2.75) is 98.6 Å². The number of methoxy groups -OCH3 is 1. The maximum Gasteiger partial charge on any atom is 0.508 e. The quantitative estimate of drug-likeness (QED) is 0.205. The summed E-state index contributed by atoms with van der Waals surface area (Å²) in [5.74, 6) is -2.03. The molecule has 0 aliphatic heterocycles. The SMILES string of the molecule is CCCC(C)C(=O)Oc1ccc(CC(N)(C[C@H](C)OC(=O)OCC(C)C)C(=O)OC)cc1OC(=O)C(C)CCC. The summed E-state index contributed by atoms with van der Waals surface area (Å²) in [5, 5.41) is 0. The summed E-state index contributed by atoms with van der Waals surface area (Å²) < 4.78 is 26.6. The van der Waals surface area contributed by atoms with E-state index in [0.717, 1.165) is 12.8 Å². The monoisotopic (exact) mass is 565 g/mol. The molecule has 2 N–H and O–H groups in total. The van der Waals surface area contributed by atoms with Crippen LogP contribution in [0.2, 0.25) is 0 Å². The molecule has 0 spiro atoms. The highest BCUT2D eigenvalue weighted by molar-refractivity contribution is 5.81. The van der Waals surface area contributed by atoms with Gasteiger partial charge in [-0.2, -0.15) is 0 Å². The van der Waals surface area contributed by atoms with E-state index in [1.54, 1.807) is 26.8 Å². The molecule has 4 atom stereocenters. The maximum atomic E-state index is 12.8. The molecule has 10 nitrogen and oxygen atoms in total. The molecule has 40 heavy (non-hydrogen) atoms. The van der Waals surface area contributed by atoms with Gasteiger partial charge in [0.15, 0.2) is 11.5 Å². The number of ether oxygens (including phenoxy) is 5. The molecule has 0 saturated heterocycles. The van der Waals surface area contributed by atoms with Crippen molar-refractivity contribution in [2.75, 3.05) is 13.7 Å². The van der Waals surface area contributed by atoms with E-state index >= 15 is 0 Å². The summed E-state index contributed by atoms with van der Waals surface area (Å²) in [6.45, 7) is 13.1. The van der Waals surface area contributed by atoms with Crippen LogP contribution in [0.25, 0.3) is 0 Å². The summed E-state index contributed by atoms with van der Waals surface area (Å²) in [7, 11) is 1.22. The van der Waals surface area contributed by atoms with Crippen molar-refractivity contribution in [1.82, 2.24) is 0 Å². The van der Waals surface area contributed by atoms with E-state index in [0.29, 0.717) is 18.4 Å². The highest BCUT2D eigenvalue weighted by Crippen LogP contribution is 2.32. The molecular weight excluding hydrogens is 518 g/mol. The molecule has 1 aromatic rings. The van der Waals surface area contributed by atoms with E-state index in [-0.39, 0.29) is 48.7 Å². The molecule has 0 bridgehead atoms. The van der Waals surface area contributed by atoms with Crippen LogP contribution in [-0.4, -0.2) is 49.4 Å². The Balaban J connectivity index is 3.26. The van der Waals surface area contributed by atoms with Crippen LogP contribution in [0.1, 0.15) is 86.1 Å². The van der Waals surface area contributed by atoms with Crippen molar-refractivity contribution in [3.05, 3.63) is 23.8 Å². The van der Waals surface area contributed by atoms with Gasteiger partial charge in [0.2, 0.25) is 0 Å². The second kappa shape index (κ2) is 16.8. The van der Waals surface area contributed by atoms with Gasteiger partial charge in [0.1, 0.15) is 11.6 Å². The molecule has 0 amide bonds. The molecular formula is C30H47NO9. The van der Waals surface area contributed by atoms with Gasteiger partial charge in [-0.15, -0.1) is 0 Å². The second-order valence-electron chi connectivity index (χ2n) is 10.9. The van der Waals surface area contributed by atoms with Crippen LogP contribution in [0.5, 0.6) is 11.5 Å². The summed E-state index contributed by atoms with van der Waals surface area (Å²) in [6.07, 6.45) is 1.17. The van der Waals surface area contributed by atoms with E-state index in [1.165, 1.54) is 19.2 Å². The average molecular weight is 566 g/mol. The van der Waals surface area contributed by atoms with E-state index in [1.807, 2.05) is 27.7 Å². The van der Waals surface area contributed by atoms with Crippen LogP contribution in [0.4, 0.5) is 4.79 Å². The predicted molar refractivity (Wildman–Crippen MR) is 150 cm³/mol. The van der Waals surface area contributed by atoms with Gasteiger partial charge in [-0.1, -0.05) is 60.5 Å². The predicted octanol–water partition coefficient (Wildman–Crippen LogP) is 5.37. The first-order valence-electron chi connectivity index (χ1n) is 14.0. The zero-order valence-electron chi connectivity index (χ0n) is 25.2. The topological polar surface area (TPSA) is 140 Å². The normalized spacial score (nSPS) is 14.8. The number of esters is 3. The molecule has 0 saturated carbocycles. The number of nitrogens with two attached hydrogens (primary N) is 1. The highest BCUT2D eigenvalue weighted by atomic mass is 16.7. The minimum Gasteiger partial charge on any atom is -0.468 e. The third kappa shape index (κ3) is 11.5. The standard InChI is InChI=1S/C30H47NO9/c1-9-11-20(5)26(32)39-24-14-13-23(15-25(24)40-27(33)21(6)12-10-2)17-30(31,28(34)36-8)16-22(7)38-29(35)37-18-19(3)4/h13-15,19-22H,9-12,16-18,31H2,1-8H3/t20?,21?,22-,30?/m0/s1. The first-order chi connectivity index (χ1) is 18.8. The number of hydrogen-bond acceptors (Lipinski definition) is 10. The molecule has 3 unspecified atom stereocenters. The van der Waals surface area contributed by atoms with Gasteiger partial charge in [0.05, 0.1) is 25.6 Å². The van der Waals surface area contributed by atoms with Gasteiger partial charge in [-0.3, -0.25) is 14.4 Å². The Bertz CT molecular complexity index is 993. The summed E-state index contributed by atoms with van der Waals surface area (Å²) >= 11 is 0. The van der Waals surface area contributed by atoms with Crippen molar-refractivity contribution in [3.8, 4) is 11.5 Å². The molecule has 0 aliphatic carbocycles. The van der Waals surface area contributed by atoms with Gasteiger partial charge in [-0.05, 0) is 43.4 Å².